The van der Waals surface area contributed by atoms with E-state index in [0.717, 1.165) is 32.7 Å². The third-order valence-corrected chi connectivity index (χ3v) is 3.72. The Morgan fingerprint density at radius 1 is 1.33 bits per heavy atom. The van der Waals surface area contributed by atoms with Crippen LogP contribution in [0.4, 0.5) is 0 Å². The van der Waals surface area contributed by atoms with Crippen molar-refractivity contribution in [3.63, 3.8) is 0 Å². The first kappa shape index (κ1) is 12.6. The Hall–Kier alpha value is -0.460. The largest absolute Gasteiger partial charge is 0.481 e. The number of hydrogen-bond acceptors (Lipinski definition) is 4. The Balaban J connectivity index is 2.14. The lowest BCUT2D eigenvalue weighted by Crippen LogP contribution is -2.45. The van der Waals surface area contributed by atoms with Crippen LogP contribution in [0.3, 0.4) is 0 Å². The molecule has 1 atom stereocenters. The highest BCUT2D eigenvalue weighted by molar-refractivity contribution is 7.85. The lowest BCUT2D eigenvalue weighted by Gasteiger charge is -2.32. The molecular formula is C9H18N2O3S. The lowest BCUT2D eigenvalue weighted by molar-refractivity contribution is -0.133. The van der Waals surface area contributed by atoms with Gasteiger partial charge < -0.3 is 10.0 Å². The second-order valence-corrected chi connectivity index (χ2v) is 5.40. The predicted molar refractivity (Wildman–Crippen MR) is 59.4 cm³/mol. The molecule has 0 aromatic rings. The maximum Gasteiger partial charge on any atom is 0.316 e. The Labute approximate surface area is 92.5 Å². The number of likely N-dealkylation sites (N-methyl/N-ethyl adjacent to an activating group) is 1. The van der Waals surface area contributed by atoms with Crippen LogP contribution in [0.25, 0.3) is 0 Å². The van der Waals surface area contributed by atoms with E-state index in [4.69, 9.17) is 5.11 Å². The van der Waals surface area contributed by atoms with Crippen LogP contribution in [-0.4, -0.2) is 76.4 Å². The van der Waals surface area contributed by atoms with Crippen molar-refractivity contribution in [1.29, 1.82) is 0 Å². The van der Waals surface area contributed by atoms with Gasteiger partial charge in [0, 0.05) is 49.3 Å². The van der Waals surface area contributed by atoms with Crippen LogP contribution in [0.2, 0.25) is 0 Å². The lowest BCUT2D eigenvalue weighted by atomic mass is 10.3. The molecule has 0 spiro atoms. The zero-order valence-corrected chi connectivity index (χ0v) is 9.83. The minimum Gasteiger partial charge on any atom is -0.481 e. The minimum atomic E-state index is -1.22. The van der Waals surface area contributed by atoms with E-state index in [2.05, 4.69) is 16.8 Å². The molecule has 1 N–H and O–H groups in total. The highest BCUT2D eigenvalue weighted by Gasteiger charge is 2.14. The summed E-state index contributed by atoms with van der Waals surface area (Å²) >= 11 is 0. The van der Waals surface area contributed by atoms with E-state index in [-0.39, 0.29) is 5.75 Å². The highest BCUT2D eigenvalue weighted by atomic mass is 32.2. The molecule has 1 fully saturated rings. The van der Waals surface area contributed by atoms with Gasteiger partial charge in [0.2, 0.25) is 0 Å². The molecule has 1 aliphatic heterocycles. The summed E-state index contributed by atoms with van der Waals surface area (Å²) in [4.78, 5) is 14.8. The number of carboxylic acid groups (broad SMARTS) is 1. The number of carboxylic acids is 1. The smallest absolute Gasteiger partial charge is 0.316 e. The Morgan fingerprint density at radius 3 is 2.47 bits per heavy atom. The molecule has 1 heterocycles. The summed E-state index contributed by atoms with van der Waals surface area (Å²) in [6.07, 6.45) is 0. The van der Waals surface area contributed by atoms with Crippen molar-refractivity contribution in [2.75, 3.05) is 51.3 Å². The van der Waals surface area contributed by atoms with Crippen molar-refractivity contribution in [3.8, 4) is 0 Å². The summed E-state index contributed by atoms with van der Waals surface area (Å²) < 4.78 is 11.3. The van der Waals surface area contributed by atoms with Gasteiger partial charge in [-0.3, -0.25) is 13.9 Å². The first-order valence-electron chi connectivity index (χ1n) is 5.05. The number of nitrogens with zero attached hydrogens (tertiary/aromatic N) is 2. The molecule has 0 aromatic heterocycles. The normalized spacial score (nSPS) is 21.4. The fourth-order valence-corrected chi connectivity index (χ4v) is 2.39. The van der Waals surface area contributed by atoms with Gasteiger partial charge in [-0.25, -0.2) is 0 Å². The SMILES string of the molecule is CN1CCN(CCS(=O)CC(=O)O)CC1. The molecule has 0 radical (unpaired) electrons. The van der Waals surface area contributed by atoms with Gasteiger partial charge in [0.1, 0.15) is 5.75 Å². The third kappa shape index (κ3) is 5.25. The number of carbonyl (C=O) groups is 1. The second kappa shape index (κ2) is 6.19. The van der Waals surface area contributed by atoms with E-state index in [1.54, 1.807) is 0 Å². The molecule has 0 amide bonds. The Kier molecular flexibility index (Phi) is 5.21. The van der Waals surface area contributed by atoms with E-state index in [9.17, 15) is 9.00 Å². The molecule has 0 aromatic carbocycles. The predicted octanol–water partition coefficient (Wildman–Crippen LogP) is -0.933. The van der Waals surface area contributed by atoms with Crippen molar-refractivity contribution >= 4 is 16.8 Å². The van der Waals surface area contributed by atoms with Gasteiger partial charge in [0.25, 0.3) is 0 Å². The number of rotatable bonds is 5. The summed E-state index contributed by atoms with van der Waals surface area (Å²) in [5.41, 5.74) is 0. The van der Waals surface area contributed by atoms with Crippen molar-refractivity contribution in [2.24, 2.45) is 0 Å². The first-order chi connectivity index (χ1) is 7.08. The van der Waals surface area contributed by atoms with Gasteiger partial charge >= 0.3 is 5.97 Å². The average Bonchev–Trinajstić information content (AvgIpc) is 2.16. The van der Waals surface area contributed by atoms with Gasteiger partial charge in [-0.15, -0.1) is 0 Å². The number of aliphatic carboxylic acids is 1. The molecule has 1 rings (SSSR count). The highest BCUT2D eigenvalue weighted by Crippen LogP contribution is 1.99. The minimum absolute atomic E-state index is 0.228. The first-order valence-corrected chi connectivity index (χ1v) is 6.54. The fourth-order valence-electron chi connectivity index (χ4n) is 1.51. The monoisotopic (exact) mass is 234 g/mol. The summed E-state index contributed by atoms with van der Waals surface area (Å²) in [6.45, 7) is 4.78. The van der Waals surface area contributed by atoms with Crippen molar-refractivity contribution in [1.82, 2.24) is 9.80 Å². The molecule has 15 heavy (non-hydrogen) atoms. The van der Waals surface area contributed by atoms with E-state index >= 15 is 0 Å². The van der Waals surface area contributed by atoms with Crippen molar-refractivity contribution in [2.45, 2.75) is 0 Å². The maximum absolute atomic E-state index is 11.3. The quantitative estimate of drug-likeness (QED) is 0.666. The average molecular weight is 234 g/mol. The molecule has 1 aliphatic rings. The Bertz CT molecular complexity index is 240. The number of piperazine rings is 1. The molecule has 6 heteroatoms. The van der Waals surface area contributed by atoms with Gasteiger partial charge in [-0.05, 0) is 7.05 Å². The maximum atomic E-state index is 11.3. The fraction of sp³-hybridized carbons (Fsp3) is 0.889. The molecule has 0 bridgehead atoms. The van der Waals surface area contributed by atoms with Crippen LogP contribution < -0.4 is 0 Å². The molecule has 1 saturated heterocycles. The Morgan fingerprint density at radius 2 is 1.93 bits per heavy atom. The molecule has 0 aliphatic carbocycles. The van der Waals surface area contributed by atoms with Gasteiger partial charge in [-0.1, -0.05) is 0 Å². The van der Waals surface area contributed by atoms with E-state index in [0.29, 0.717) is 5.75 Å². The molecular weight excluding hydrogens is 216 g/mol. The third-order valence-electron chi connectivity index (χ3n) is 2.52. The summed E-state index contributed by atoms with van der Waals surface area (Å²) in [6, 6.07) is 0. The van der Waals surface area contributed by atoms with Crippen LogP contribution in [-0.2, 0) is 15.6 Å². The second-order valence-electron chi connectivity index (χ2n) is 3.83. The standard InChI is InChI=1S/C9H18N2O3S/c1-10-2-4-11(5-3-10)6-7-15(14)8-9(12)13/h2-8H2,1H3,(H,12,13). The molecule has 0 saturated carbocycles. The summed E-state index contributed by atoms with van der Waals surface area (Å²) in [5, 5.41) is 8.44. The van der Waals surface area contributed by atoms with Crippen LogP contribution >= 0.6 is 0 Å². The van der Waals surface area contributed by atoms with Crippen LogP contribution in [0.1, 0.15) is 0 Å². The van der Waals surface area contributed by atoms with Crippen LogP contribution in [0.15, 0.2) is 0 Å². The van der Waals surface area contributed by atoms with Gasteiger partial charge in [0.15, 0.2) is 0 Å². The summed E-state index contributed by atoms with van der Waals surface area (Å²) in [7, 11) is 0.868. The van der Waals surface area contributed by atoms with Gasteiger partial charge in [0.05, 0.1) is 0 Å². The molecule has 88 valence electrons. The topological polar surface area (TPSA) is 60.9 Å². The van der Waals surface area contributed by atoms with Crippen molar-refractivity contribution < 1.29 is 14.1 Å². The van der Waals surface area contributed by atoms with Crippen LogP contribution in [0.5, 0.6) is 0 Å². The molecule has 1 unspecified atom stereocenters. The number of hydrogen-bond donors (Lipinski definition) is 1. The van der Waals surface area contributed by atoms with E-state index < -0.39 is 16.8 Å². The van der Waals surface area contributed by atoms with Crippen molar-refractivity contribution in [3.05, 3.63) is 0 Å². The van der Waals surface area contributed by atoms with E-state index in [1.165, 1.54) is 0 Å². The summed E-state index contributed by atoms with van der Waals surface area (Å²) in [5.74, 6) is -0.740. The zero-order valence-electron chi connectivity index (χ0n) is 9.02. The van der Waals surface area contributed by atoms with E-state index in [1.807, 2.05) is 0 Å². The van der Waals surface area contributed by atoms with Gasteiger partial charge in [-0.2, -0.15) is 0 Å². The zero-order chi connectivity index (χ0) is 11.3. The molecule has 5 nitrogen and oxygen atoms in total. The van der Waals surface area contributed by atoms with Crippen LogP contribution in [0, 0.1) is 0 Å².